The lowest BCUT2D eigenvalue weighted by Gasteiger charge is -3.76. The van der Waals surface area contributed by atoms with E-state index in [4.69, 9.17) is 0 Å². The normalized spacial score (nSPS) is 149. The van der Waals surface area contributed by atoms with Crippen molar-refractivity contribution in [2.75, 3.05) is 0 Å². The zero-order chi connectivity index (χ0) is 36.3. The molecule has 67 heavy (non-hydrogen) atoms. The molecular weight excluding hydrogens is 805 g/mol. The molecule has 0 nitrogen and oxygen atoms in total. The van der Waals surface area contributed by atoms with Crippen molar-refractivity contribution in [3.05, 3.63) is 0 Å². The van der Waals surface area contributed by atoms with E-state index in [9.17, 15) is 0 Å². The van der Waals surface area contributed by atoms with Gasteiger partial charge in [-0.15, -0.1) is 0 Å². The second-order valence-corrected chi connectivity index (χ2v) is 44.6. The minimum absolute atomic E-state index is 1.06. The summed E-state index contributed by atoms with van der Waals surface area (Å²) in [5.74, 6) is 37.0. The molecule has 0 aliphatic heterocycles. The maximum absolute atomic E-state index is 1.95. The first kappa shape index (κ1) is 21.3. The minimum Gasteiger partial charge on any atom is -0.0464 e. The Morgan fingerprint density at radius 3 is 0.985 bits per heavy atom. The second kappa shape index (κ2) is 3.02. The molecule has 0 aromatic carbocycles. The SMILES string of the molecule is C1C2C3C4C5C6C7C8CC9C%10C%11C%12C%13C%14CC%15C%16C%17C%18C%19C%20C%21CC1C%211C%21C%22C%23C%24C2C32C43C54C65C76C98C%107C%118C%129C%13%10C%14%15C%16%11C%17%12C%18%13C%19%14C%201C%211C%22%15C%23%16C%242C32C43C54C76C85C96C%10%11C%127C%138C%141C%151C%162C32C54C67C812. The minimum atomic E-state index is 1.06. The Morgan fingerprint density at radius 1 is 0.194 bits per heavy atom. The average Bonchev–Trinajstić information content (AvgIpc) is 1.72. The van der Waals surface area contributed by atoms with Crippen LogP contribution in [0.25, 0.3) is 0 Å². The third kappa shape index (κ3) is 0.413. The standard InChI is InChI=1S/C67H34/c1-5-2-7-14-21-27-25-18-11-4-9-16-23-22-15-8-3-10-17-24-26-19-12-6(1)13-20-28-29-30-31(5,7)35(14)42(21)49(27)46(25)39(18)33(9,11)37(16)44(23)43(22)36(15)32(8,10)38(17)45(24)47(26)40(19)34(12,13)41(20)48(28)50(29)51(30,35)55(42)62(49)59(46)53(37,39)57(44)56(43)52(36,38)58(45)60(47)54(40,41)61(48)63(50,55)67(62)65(57,59)64(56,58)66(60,61)67/h5-30H,1-4H2. The molecular formula is C67H34. The lowest BCUT2D eigenvalue weighted by atomic mass is 8.25. The first-order valence-electron chi connectivity index (χ1n) is 33.4. The van der Waals surface area contributed by atoms with Gasteiger partial charge in [-0.25, -0.2) is 0 Å². The maximum atomic E-state index is 1.95. The Balaban J connectivity index is 0.773. The zero-order valence-corrected chi connectivity index (χ0v) is 36.3. The van der Waals surface area contributed by atoms with Crippen LogP contribution in [0, 0.1) is 354 Å². The molecule has 63 atom stereocenters. The molecule has 0 bridgehead atoms. The van der Waals surface area contributed by atoms with Gasteiger partial charge in [0, 0.05) is 0 Å². The van der Waals surface area contributed by atoms with Gasteiger partial charge >= 0.3 is 0 Å². The first-order valence-corrected chi connectivity index (χ1v) is 33.4. The summed E-state index contributed by atoms with van der Waals surface area (Å²) in [5, 5.41) is 0. The van der Waals surface area contributed by atoms with E-state index < -0.39 is 0 Å². The molecule has 37 spiro atoms. The van der Waals surface area contributed by atoms with Gasteiger partial charge in [-0.05, 0) is 380 Å². The van der Waals surface area contributed by atoms with Crippen LogP contribution in [0.4, 0.5) is 0 Å². The summed E-state index contributed by atoms with van der Waals surface area (Å²) in [4.78, 5) is 0. The van der Waals surface area contributed by atoms with Crippen LogP contribution >= 0.6 is 0 Å². The van der Waals surface area contributed by atoms with E-state index in [1.165, 1.54) is 176 Å². The van der Waals surface area contributed by atoms with Crippen molar-refractivity contribution in [3.8, 4) is 0 Å². The van der Waals surface area contributed by atoms with Crippen molar-refractivity contribution in [1.82, 2.24) is 0 Å². The largest absolute Gasteiger partial charge is 0.0464 e. The summed E-state index contributed by atoms with van der Waals surface area (Å²) in [6, 6.07) is 0. The van der Waals surface area contributed by atoms with Crippen LogP contribution in [0.15, 0.2) is 0 Å². The molecule has 63 unspecified atom stereocenters. The molecule has 51 aliphatic rings. The van der Waals surface area contributed by atoms with Gasteiger partial charge in [-0.2, -0.15) is 0 Å². The molecule has 51 saturated carbocycles. The van der Waals surface area contributed by atoms with E-state index in [0.29, 0.717) is 0 Å². The van der Waals surface area contributed by atoms with E-state index in [1.54, 1.807) is 0 Å². The Bertz CT molecular complexity index is 5010. The smallest absolute Gasteiger partial charge is 0.0000253 e. The van der Waals surface area contributed by atoms with E-state index in [2.05, 4.69) is 0 Å². The molecule has 0 amide bonds. The summed E-state index contributed by atoms with van der Waals surface area (Å²) in [5.41, 5.74) is 42.3. The van der Waals surface area contributed by atoms with Gasteiger partial charge in [0.2, 0.25) is 0 Å². The van der Waals surface area contributed by atoms with Crippen molar-refractivity contribution in [3.63, 3.8) is 0 Å². The first-order chi connectivity index (χ1) is 33.4. The predicted octanol–water partition coefficient (Wildman–Crippen LogP) is 4.76. The lowest BCUT2D eigenvalue weighted by molar-refractivity contribution is -1.32. The lowest BCUT2D eigenvalue weighted by Crippen LogP contribution is -3.76. The van der Waals surface area contributed by atoms with Gasteiger partial charge in [0.15, 0.2) is 0 Å². The monoisotopic (exact) mass is 838 g/mol. The van der Waals surface area contributed by atoms with Crippen molar-refractivity contribution >= 4 is 0 Å². The van der Waals surface area contributed by atoms with Crippen LogP contribution in [0.2, 0.25) is 0 Å². The molecule has 0 heteroatoms. The predicted molar refractivity (Wildman–Crippen MR) is 199 cm³/mol. The van der Waals surface area contributed by atoms with E-state index >= 15 is 0 Å². The number of hydrogen-bond acceptors (Lipinski definition) is 0. The maximum Gasteiger partial charge on any atom is -0.0000253 e. The number of fused-ring (bicyclic) bond motifs is 17. The Morgan fingerprint density at radius 2 is 0.522 bits per heavy atom. The molecule has 0 saturated heterocycles. The molecule has 0 N–H and O–H groups in total. The van der Waals surface area contributed by atoms with Crippen molar-refractivity contribution in [2.24, 2.45) is 354 Å². The van der Waals surface area contributed by atoms with E-state index in [0.717, 1.165) is 179 Å². The summed E-state index contributed by atoms with van der Waals surface area (Å²) in [6.07, 6.45) is 7.63. The molecule has 51 aliphatic carbocycles. The van der Waals surface area contributed by atoms with Crippen LogP contribution in [0.5, 0.6) is 0 Å². The highest BCUT2D eigenvalue weighted by Crippen LogP contribution is 3.81. The van der Waals surface area contributed by atoms with Gasteiger partial charge in [0.05, 0.1) is 0 Å². The number of hydrogen-bond donors (Lipinski definition) is 0. The summed E-state index contributed by atoms with van der Waals surface area (Å²) in [6.45, 7) is 0. The average molecular weight is 839 g/mol. The van der Waals surface area contributed by atoms with Gasteiger partial charge in [0.25, 0.3) is 0 Å². The summed E-state index contributed by atoms with van der Waals surface area (Å²) < 4.78 is 0. The van der Waals surface area contributed by atoms with Crippen LogP contribution in [0.3, 0.4) is 0 Å². The second-order valence-electron chi connectivity index (χ2n) is 44.6. The van der Waals surface area contributed by atoms with Crippen molar-refractivity contribution in [2.45, 2.75) is 25.7 Å². The van der Waals surface area contributed by atoms with Crippen LogP contribution in [-0.4, -0.2) is 0 Å². The van der Waals surface area contributed by atoms with Gasteiger partial charge in [-0.1, -0.05) is 0 Å². The Hall–Kier alpha value is 0. The molecule has 51 rings (SSSR count). The molecule has 0 radical (unpaired) electrons. The molecule has 51 fully saturated rings. The topological polar surface area (TPSA) is 0 Å². The Labute approximate surface area is 378 Å². The summed E-state index contributed by atoms with van der Waals surface area (Å²) in [7, 11) is 0. The highest BCUT2D eigenvalue weighted by Gasteiger charge is 3.80. The third-order valence-electron chi connectivity index (χ3n) is 60.9. The highest BCUT2D eigenvalue weighted by atomic mass is 15.8. The highest BCUT2D eigenvalue weighted by molar-refractivity contribution is 6.24. The molecule has 0 aromatic heterocycles. The van der Waals surface area contributed by atoms with Crippen LogP contribution in [0.1, 0.15) is 25.7 Å². The van der Waals surface area contributed by atoms with E-state index in [-0.39, 0.29) is 0 Å². The fourth-order valence-corrected chi connectivity index (χ4v) is 79.6. The fraction of sp³-hybridized carbons (Fsp3) is 1.00. The Kier molecular flexibility index (Phi) is 0.960. The summed E-state index contributed by atoms with van der Waals surface area (Å²) >= 11 is 0. The quantitative estimate of drug-likeness (QED) is 0.331. The van der Waals surface area contributed by atoms with Crippen LogP contribution < -0.4 is 0 Å². The molecule has 0 aromatic rings. The van der Waals surface area contributed by atoms with Crippen molar-refractivity contribution < 1.29 is 0 Å². The van der Waals surface area contributed by atoms with E-state index in [1.807, 2.05) is 25.7 Å². The van der Waals surface area contributed by atoms with Crippen LogP contribution in [-0.2, 0) is 0 Å². The van der Waals surface area contributed by atoms with Gasteiger partial charge < -0.3 is 0 Å². The van der Waals surface area contributed by atoms with Gasteiger partial charge in [-0.3, -0.25) is 0 Å². The molecule has 302 valence electrons. The number of rotatable bonds is 0. The fourth-order valence-electron chi connectivity index (χ4n) is 79.6. The zero-order valence-electron chi connectivity index (χ0n) is 36.3. The molecule has 0 heterocycles. The van der Waals surface area contributed by atoms with Gasteiger partial charge in [0.1, 0.15) is 0 Å². The van der Waals surface area contributed by atoms with Crippen molar-refractivity contribution in [1.29, 1.82) is 0 Å². The third-order valence-corrected chi connectivity index (χ3v) is 60.9.